The first kappa shape index (κ1) is 13.4. The molecule has 4 atom stereocenters. The number of ether oxygens (including phenoxy) is 3. The summed E-state index contributed by atoms with van der Waals surface area (Å²) in [5.74, 6) is 2.72. The molecular weight excluding hydrogens is 232 g/mol. The van der Waals surface area contributed by atoms with Gasteiger partial charge in [-0.15, -0.1) is 6.42 Å². The van der Waals surface area contributed by atoms with Gasteiger partial charge < -0.3 is 19.3 Å². The van der Waals surface area contributed by atoms with Crippen LogP contribution in [0.2, 0.25) is 0 Å². The van der Waals surface area contributed by atoms with Gasteiger partial charge in [-0.25, -0.2) is 0 Å². The number of aliphatic hydroxyl groups is 1. The predicted octanol–water partition coefficient (Wildman–Crippen LogP) is 2.01. The monoisotopic (exact) mass is 252 g/mol. The first-order valence-corrected chi connectivity index (χ1v) is 6.35. The molecule has 0 amide bonds. The van der Waals surface area contributed by atoms with Gasteiger partial charge in [-0.3, -0.25) is 0 Å². The van der Waals surface area contributed by atoms with E-state index < -0.39 is 0 Å². The van der Waals surface area contributed by atoms with Crippen LogP contribution in [0.5, 0.6) is 0 Å². The van der Waals surface area contributed by atoms with Crippen LogP contribution in [0.4, 0.5) is 0 Å². The van der Waals surface area contributed by atoms with Gasteiger partial charge in [0, 0.05) is 25.9 Å². The van der Waals surface area contributed by atoms with Crippen LogP contribution in [0.25, 0.3) is 0 Å². The third-order valence-corrected chi connectivity index (χ3v) is 3.80. The molecule has 1 N–H and O–H groups in total. The topological polar surface area (TPSA) is 47.9 Å². The van der Waals surface area contributed by atoms with Crippen molar-refractivity contribution in [1.29, 1.82) is 0 Å². The van der Waals surface area contributed by atoms with E-state index in [0.29, 0.717) is 6.42 Å². The standard InChI is InChI=1S/C14H20O4/c1-3-6-17-14-7-10(9-15)12-5-4-11(16-2)8-13(12)18-14/h1,9,11-15H,4-8H2,2H3/b10-9+. The summed E-state index contributed by atoms with van der Waals surface area (Å²) in [7, 11) is 1.73. The van der Waals surface area contributed by atoms with Crippen LogP contribution in [0.3, 0.4) is 0 Å². The van der Waals surface area contributed by atoms with Gasteiger partial charge >= 0.3 is 0 Å². The average Bonchev–Trinajstić information content (AvgIpc) is 2.43. The van der Waals surface area contributed by atoms with E-state index >= 15 is 0 Å². The molecular formula is C14H20O4. The summed E-state index contributed by atoms with van der Waals surface area (Å²) in [5, 5.41) is 9.35. The zero-order valence-corrected chi connectivity index (χ0v) is 10.7. The Labute approximate surface area is 108 Å². The maximum atomic E-state index is 9.35. The van der Waals surface area contributed by atoms with Gasteiger partial charge in [0.2, 0.25) is 0 Å². The Morgan fingerprint density at radius 1 is 1.56 bits per heavy atom. The zero-order chi connectivity index (χ0) is 13.0. The molecule has 2 aliphatic rings. The molecule has 1 aliphatic carbocycles. The quantitative estimate of drug-likeness (QED) is 0.616. The lowest BCUT2D eigenvalue weighted by molar-refractivity contribution is -0.204. The van der Waals surface area contributed by atoms with E-state index in [1.807, 2.05) is 0 Å². The largest absolute Gasteiger partial charge is 0.516 e. The van der Waals surface area contributed by atoms with E-state index in [-0.39, 0.29) is 31.0 Å². The SMILES string of the molecule is C#CCOC1C/C(=C\O)C2CCC(OC)CC2O1. The number of terminal acetylenes is 1. The van der Waals surface area contributed by atoms with Crippen molar-refractivity contribution in [1.82, 2.24) is 0 Å². The van der Waals surface area contributed by atoms with Crippen LogP contribution < -0.4 is 0 Å². The minimum Gasteiger partial charge on any atom is -0.516 e. The van der Waals surface area contributed by atoms with Crippen LogP contribution in [-0.2, 0) is 14.2 Å². The van der Waals surface area contributed by atoms with Crippen LogP contribution in [-0.4, -0.2) is 37.3 Å². The Kier molecular flexibility index (Phi) is 4.65. The van der Waals surface area contributed by atoms with Crippen molar-refractivity contribution >= 4 is 0 Å². The van der Waals surface area contributed by atoms with Crippen molar-refractivity contribution in [3.05, 3.63) is 11.8 Å². The molecule has 4 unspecified atom stereocenters. The average molecular weight is 252 g/mol. The lowest BCUT2D eigenvalue weighted by Gasteiger charge is -2.42. The Balaban J connectivity index is 2.02. The van der Waals surface area contributed by atoms with Crippen LogP contribution in [0.15, 0.2) is 11.8 Å². The highest BCUT2D eigenvalue weighted by Crippen LogP contribution is 2.40. The van der Waals surface area contributed by atoms with E-state index in [2.05, 4.69) is 5.92 Å². The smallest absolute Gasteiger partial charge is 0.163 e. The van der Waals surface area contributed by atoms with Crippen molar-refractivity contribution in [2.24, 2.45) is 5.92 Å². The highest BCUT2D eigenvalue weighted by atomic mass is 16.7. The van der Waals surface area contributed by atoms with Crippen molar-refractivity contribution in [3.63, 3.8) is 0 Å². The fourth-order valence-electron chi connectivity index (χ4n) is 2.86. The molecule has 2 rings (SSSR count). The summed E-state index contributed by atoms with van der Waals surface area (Å²) in [5.41, 5.74) is 1.00. The van der Waals surface area contributed by atoms with Gasteiger partial charge in [-0.2, -0.15) is 0 Å². The van der Waals surface area contributed by atoms with Gasteiger partial charge in [0.05, 0.1) is 18.5 Å². The van der Waals surface area contributed by atoms with Crippen molar-refractivity contribution in [2.75, 3.05) is 13.7 Å². The number of methoxy groups -OCH3 is 1. The Morgan fingerprint density at radius 3 is 3.06 bits per heavy atom. The summed E-state index contributed by atoms with van der Waals surface area (Å²) in [6.45, 7) is 0.231. The molecule has 0 aromatic heterocycles. The molecule has 0 spiro atoms. The summed E-state index contributed by atoms with van der Waals surface area (Å²) in [6.07, 6.45) is 9.75. The number of hydrogen-bond acceptors (Lipinski definition) is 4. The normalized spacial score (nSPS) is 38.1. The fraction of sp³-hybridized carbons (Fsp3) is 0.714. The molecule has 0 radical (unpaired) electrons. The van der Waals surface area contributed by atoms with Crippen molar-refractivity contribution in [3.8, 4) is 12.3 Å². The summed E-state index contributed by atoms with van der Waals surface area (Å²) in [4.78, 5) is 0. The summed E-state index contributed by atoms with van der Waals surface area (Å²) in [6, 6.07) is 0. The molecule has 1 saturated carbocycles. The molecule has 1 saturated heterocycles. The molecule has 18 heavy (non-hydrogen) atoms. The molecule has 2 fully saturated rings. The van der Waals surface area contributed by atoms with Crippen LogP contribution in [0.1, 0.15) is 25.7 Å². The maximum absolute atomic E-state index is 9.35. The van der Waals surface area contributed by atoms with E-state index in [1.165, 1.54) is 6.26 Å². The Morgan fingerprint density at radius 2 is 2.39 bits per heavy atom. The van der Waals surface area contributed by atoms with Gasteiger partial charge in [-0.05, 0) is 18.4 Å². The van der Waals surface area contributed by atoms with E-state index in [0.717, 1.165) is 24.8 Å². The van der Waals surface area contributed by atoms with Gasteiger partial charge in [0.1, 0.15) is 6.61 Å². The number of rotatable bonds is 3. The lowest BCUT2D eigenvalue weighted by Crippen LogP contribution is -2.43. The fourth-order valence-corrected chi connectivity index (χ4v) is 2.86. The third kappa shape index (κ3) is 2.86. The molecule has 1 aliphatic heterocycles. The minimum atomic E-state index is -0.351. The van der Waals surface area contributed by atoms with Crippen molar-refractivity contribution in [2.45, 2.75) is 44.2 Å². The van der Waals surface area contributed by atoms with Gasteiger partial charge in [0.15, 0.2) is 6.29 Å². The molecule has 1 heterocycles. The third-order valence-electron chi connectivity index (χ3n) is 3.80. The summed E-state index contributed by atoms with van der Waals surface area (Å²) < 4.78 is 16.7. The molecule has 4 nitrogen and oxygen atoms in total. The van der Waals surface area contributed by atoms with Crippen molar-refractivity contribution < 1.29 is 19.3 Å². The molecule has 0 bridgehead atoms. The zero-order valence-electron chi connectivity index (χ0n) is 10.7. The first-order valence-electron chi connectivity index (χ1n) is 6.35. The minimum absolute atomic E-state index is 0.0543. The number of aliphatic hydroxyl groups excluding tert-OH is 1. The summed E-state index contributed by atoms with van der Waals surface area (Å²) >= 11 is 0. The number of hydrogen-bond donors (Lipinski definition) is 1. The Hall–Kier alpha value is -1.02. The molecule has 0 aromatic rings. The van der Waals surface area contributed by atoms with Crippen LogP contribution >= 0.6 is 0 Å². The van der Waals surface area contributed by atoms with Gasteiger partial charge in [0.25, 0.3) is 0 Å². The molecule has 100 valence electrons. The highest BCUT2D eigenvalue weighted by molar-refractivity contribution is 5.11. The Bertz CT molecular complexity index is 344. The molecule has 4 heteroatoms. The predicted molar refractivity (Wildman–Crippen MR) is 66.9 cm³/mol. The first-order chi connectivity index (χ1) is 8.78. The molecule has 0 aromatic carbocycles. The second kappa shape index (κ2) is 6.24. The van der Waals surface area contributed by atoms with E-state index in [1.54, 1.807) is 7.11 Å². The second-order valence-corrected chi connectivity index (χ2v) is 4.80. The second-order valence-electron chi connectivity index (χ2n) is 4.80. The van der Waals surface area contributed by atoms with Crippen LogP contribution in [0, 0.1) is 18.3 Å². The van der Waals surface area contributed by atoms with E-state index in [9.17, 15) is 5.11 Å². The lowest BCUT2D eigenvalue weighted by atomic mass is 9.77. The highest BCUT2D eigenvalue weighted by Gasteiger charge is 2.39. The maximum Gasteiger partial charge on any atom is 0.163 e. The number of fused-ring (bicyclic) bond motifs is 1. The van der Waals surface area contributed by atoms with E-state index in [4.69, 9.17) is 20.6 Å². The van der Waals surface area contributed by atoms with Gasteiger partial charge in [-0.1, -0.05) is 5.92 Å².